The zero-order chi connectivity index (χ0) is 42.4. The van der Waals surface area contributed by atoms with E-state index in [0.29, 0.717) is 36.8 Å². The van der Waals surface area contributed by atoms with Gasteiger partial charge in [0.15, 0.2) is 0 Å². The Balaban J connectivity index is 1.16. The number of hydrogen-bond acceptors (Lipinski definition) is 13. The molecule has 3 N–H and O–H groups in total. The van der Waals surface area contributed by atoms with Crippen LogP contribution < -0.4 is 24.8 Å². The van der Waals surface area contributed by atoms with Gasteiger partial charge in [0.1, 0.15) is 47.2 Å². The van der Waals surface area contributed by atoms with Gasteiger partial charge in [-0.15, -0.1) is 6.58 Å². The smallest absolute Gasteiger partial charge is 0.408 e. The lowest BCUT2D eigenvalue weighted by molar-refractivity contribution is -0.181. The van der Waals surface area contributed by atoms with Crippen LogP contribution in [0.3, 0.4) is 0 Å². The second-order valence-electron chi connectivity index (χ2n) is 16.8. The van der Waals surface area contributed by atoms with Gasteiger partial charge >= 0.3 is 12.1 Å². The number of amides is 5. The molecule has 0 radical (unpaired) electrons. The number of alkyl carbamates (subject to hydrolysis) is 1. The van der Waals surface area contributed by atoms with Crippen molar-refractivity contribution in [3.63, 3.8) is 0 Å². The number of fused-ring (bicyclic) bond motifs is 4. The molecule has 18 nitrogen and oxygen atoms in total. The fourth-order valence-electron chi connectivity index (χ4n) is 8.02. The molecule has 1 aromatic heterocycles. The number of esters is 1. The Kier molecular flexibility index (Phi) is 11.3. The minimum absolute atomic E-state index is 0.0784. The molecular weight excluding hydrogens is 789 g/mol. The quantitative estimate of drug-likeness (QED) is 0.183. The zero-order valence-electron chi connectivity index (χ0n) is 33.4. The number of likely N-dealkylation sites (tertiary alicyclic amines) is 1. The number of benzene rings is 1. The maximum absolute atomic E-state index is 14.7. The highest BCUT2D eigenvalue weighted by Gasteiger charge is 2.62. The highest BCUT2D eigenvalue weighted by Crippen LogP contribution is 2.45. The third-order valence-corrected chi connectivity index (χ3v) is 13.2. The van der Waals surface area contributed by atoms with Crippen molar-refractivity contribution < 1.29 is 56.1 Å². The molecule has 0 unspecified atom stereocenters. The summed E-state index contributed by atoms with van der Waals surface area (Å²) < 4.78 is 50.2. The summed E-state index contributed by atoms with van der Waals surface area (Å²) in [4.78, 5) is 89.0. The van der Waals surface area contributed by atoms with Crippen molar-refractivity contribution in [2.45, 2.75) is 119 Å². The lowest BCUT2D eigenvalue weighted by atomic mass is 9.95. The van der Waals surface area contributed by atoms with E-state index in [0.717, 1.165) is 5.39 Å². The molecule has 2 saturated carbocycles. The molecule has 6 aliphatic rings. The van der Waals surface area contributed by atoms with Gasteiger partial charge in [-0.05, 0) is 88.9 Å². The Morgan fingerprint density at radius 1 is 1.08 bits per heavy atom. The minimum atomic E-state index is -3.96. The van der Waals surface area contributed by atoms with E-state index in [9.17, 15) is 37.2 Å². The molecule has 318 valence electrons. The molecule has 8 rings (SSSR count). The van der Waals surface area contributed by atoms with E-state index in [1.807, 2.05) is 0 Å². The van der Waals surface area contributed by atoms with Gasteiger partial charge in [0.2, 0.25) is 33.6 Å². The molecule has 4 aliphatic heterocycles. The number of morpholine rings is 1. The standard InChI is InChI=1S/C40H50N6O12S/c1-6-23-19-40(23,37(51)44-59(53,54)27-9-10-27)43-33(48)31-18-26(56-34-28-11-7-24(55-5)17-22(28)15-16-41-34)21-46(31)35(49)29(42-38(52)58-39(2,3)4)12-14-32(47)45-20-25-8-13-30(45)36(50)57-25/h6-7,11,15-17,23,25-27,29-31H,1,8-10,12-14,18-21H2,2-5H3,(H,42,52)(H,43,48)(H,44,51)/t23-,25+,26-,29+,30+,31+,40-/m1/s1. The summed E-state index contributed by atoms with van der Waals surface area (Å²) in [7, 11) is -2.42. The van der Waals surface area contributed by atoms with E-state index >= 15 is 0 Å². The van der Waals surface area contributed by atoms with Crippen LogP contribution in [-0.4, -0.2) is 126 Å². The summed E-state index contributed by atoms with van der Waals surface area (Å²) in [5, 5.41) is 6.04. The SMILES string of the molecule is C=C[C@@H]1C[C@]1(NC(=O)[C@@H]1C[C@@H](Oc2nccc3cc(OC)ccc23)CN1C(=O)[C@H](CCC(=O)N1C[C@@H]2CC[C@H]1C(=O)O2)NC(=O)OC(C)(C)C)C(=O)NS(=O)(=O)C1CC1. The van der Waals surface area contributed by atoms with Crippen molar-refractivity contribution in [1.82, 2.24) is 30.1 Å². The normalized spacial score (nSPS) is 26.6. The average molecular weight is 839 g/mol. The largest absolute Gasteiger partial charge is 0.497 e. The van der Waals surface area contributed by atoms with E-state index < -0.39 is 98.4 Å². The Morgan fingerprint density at radius 3 is 2.49 bits per heavy atom. The Hall–Kier alpha value is -5.46. The summed E-state index contributed by atoms with van der Waals surface area (Å²) in [6.45, 7) is 8.75. The first-order chi connectivity index (χ1) is 27.9. The van der Waals surface area contributed by atoms with Crippen LogP contribution in [0, 0.1) is 5.92 Å². The molecule has 2 aromatic rings. The lowest BCUT2D eigenvalue weighted by Gasteiger charge is -2.43. The van der Waals surface area contributed by atoms with Crippen LogP contribution in [0.1, 0.15) is 72.1 Å². The van der Waals surface area contributed by atoms with Crippen molar-refractivity contribution in [3.05, 3.63) is 43.1 Å². The van der Waals surface area contributed by atoms with Gasteiger partial charge in [0.05, 0.1) is 25.4 Å². The number of nitrogens with one attached hydrogen (secondary N) is 3. The third kappa shape index (κ3) is 8.94. The fraction of sp³-hybridized carbons (Fsp3) is 0.575. The Labute approximate surface area is 341 Å². The molecule has 5 amide bonds. The van der Waals surface area contributed by atoms with Gasteiger partial charge in [-0.1, -0.05) is 6.08 Å². The second kappa shape index (κ2) is 16.0. The Bertz CT molecular complexity index is 2170. The molecule has 2 aliphatic carbocycles. The van der Waals surface area contributed by atoms with E-state index in [-0.39, 0.29) is 44.7 Å². The van der Waals surface area contributed by atoms with Crippen LogP contribution in [0.25, 0.3) is 10.8 Å². The van der Waals surface area contributed by atoms with Crippen LogP contribution in [0.4, 0.5) is 4.79 Å². The van der Waals surface area contributed by atoms with Crippen molar-refractivity contribution >= 4 is 56.5 Å². The van der Waals surface area contributed by atoms with E-state index in [1.165, 1.54) is 15.9 Å². The molecule has 5 heterocycles. The summed E-state index contributed by atoms with van der Waals surface area (Å²) in [6.07, 6.45) is 2.29. The van der Waals surface area contributed by atoms with Crippen LogP contribution in [-0.2, 0) is 43.5 Å². The van der Waals surface area contributed by atoms with E-state index in [2.05, 4.69) is 26.9 Å². The number of nitrogens with zero attached hydrogens (tertiary/aromatic N) is 3. The van der Waals surface area contributed by atoms with Gasteiger partial charge in [-0.3, -0.25) is 23.9 Å². The minimum Gasteiger partial charge on any atom is -0.497 e. The predicted molar refractivity (Wildman–Crippen MR) is 209 cm³/mol. The number of carbonyl (C=O) groups excluding carboxylic acids is 6. The van der Waals surface area contributed by atoms with Crippen LogP contribution in [0.5, 0.6) is 11.6 Å². The number of rotatable bonds is 14. The monoisotopic (exact) mass is 838 g/mol. The van der Waals surface area contributed by atoms with Gasteiger partial charge in [0, 0.05) is 30.3 Å². The first kappa shape index (κ1) is 41.7. The van der Waals surface area contributed by atoms with E-state index in [4.69, 9.17) is 18.9 Å². The van der Waals surface area contributed by atoms with Crippen molar-refractivity contribution in [2.75, 3.05) is 20.2 Å². The lowest BCUT2D eigenvalue weighted by Crippen LogP contribution is -2.59. The molecule has 19 heteroatoms. The van der Waals surface area contributed by atoms with Gasteiger partial charge in [-0.25, -0.2) is 23.0 Å². The maximum atomic E-state index is 14.7. The Morgan fingerprint density at radius 2 is 1.85 bits per heavy atom. The summed E-state index contributed by atoms with van der Waals surface area (Å²) >= 11 is 0. The topological polar surface area (TPSA) is 229 Å². The highest BCUT2D eigenvalue weighted by atomic mass is 32.2. The first-order valence-electron chi connectivity index (χ1n) is 19.8. The van der Waals surface area contributed by atoms with Gasteiger partial charge in [0.25, 0.3) is 5.91 Å². The number of hydrogen-bond donors (Lipinski definition) is 3. The maximum Gasteiger partial charge on any atom is 0.408 e. The van der Waals surface area contributed by atoms with Crippen LogP contribution in [0.2, 0.25) is 0 Å². The molecule has 1 aromatic carbocycles. The van der Waals surface area contributed by atoms with Crippen molar-refractivity contribution in [1.29, 1.82) is 0 Å². The summed E-state index contributed by atoms with van der Waals surface area (Å²) in [5.41, 5.74) is -2.58. The first-order valence-corrected chi connectivity index (χ1v) is 21.4. The number of sulfonamides is 1. The number of pyridine rings is 1. The molecule has 0 spiro atoms. The number of ether oxygens (including phenoxy) is 4. The zero-order valence-corrected chi connectivity index (χ0v) is 34.2. The highest BCUT2D eigenvalue weighted by molar-refractivity contribution is 7.91. The molecule has 4 saturated heterocycles. The molecule has 2 bridgehead atoms. The van der Waals surface area contributed by atoms with Crippen molar-refractivity contribution in [3.8, 4) is 11.6 Å². The molecule has 59 heavy (non-hydrogen) atoms. The van der Waals surface area contributed by atoms with Crippen LogP contribution >= 0.6 is 0 Å². The molecule has 7 atom stereocenters. The predicted octanol–water partition coefficient (Wildman–Crippen LogP) is 1.85. The van der Waals surface area contributed by atoms with Crippen molar-refractivity contribution in [2.24, 2.45) is 5.92 Å². The van der Waals surface area contributed by atoms with Crippen LogP contribution in [0.15, 0.2) is 43.1 Å². The van der Waals surface area contributed by atoms with E-state index in [1.54, 1.807) is 58.3 Å². The average Bonchev–Trinajstić information content (AvgIpc) is 4.12. The number of piperidine rings is 1. The number of carbonyl (C=O) groups is 6. The van der Waals surface area contributed by atoms with Gasteiger partial charge < -0.3 is 39.4 Å². The molecule has 6 fully saturated rings. The number of methoxy groups -OCH3 is 1. The number of aromatic nitrogens is 1. The summed E-state index contributed by atoms with van der Waals surface area (Å²) in [5.74, 6) is -3.06. The fourth-order valence-corrected chi connectivity index (χ4v) is 9.38. The third-order valence-electron chi connectivity index (χ3n) is 11.4. The molecular formula is C40H50N6O12S. The van der Waals surface area contributed by atoms with Gasteiger partial charge in [-0.2, -0.15) is 0 Å². The second-order valence-corrected chi connectivity index (χ2v) is 18.8. The summed E-state index contributed by atoms with van der Waals surface area (Å²) in [6, 6.07) is 3.67.